The molecule has 0 aliphatic carbocycles. The zero-order valence-electron chi connectivity index (χ0n) is 8.62. The number of rotatable bonds is 2. The van der Waals surface area contributed by atoms with Crippen molar-refractivity contribution in [3.05, 3.63) is 35.4 Å². The van der Waals surface area contributed by atoms with Crippen molar-refractivity contribution in [2.24, 2.45) is 0 Å². The standard InChI is InChI=1S/C11H14BrNO/c1-8(12)9-4-6-10(7-5-9)11(14)13(2)3/h4-8H,1-3H3. The van der Waals surface area contributed by atoms with Gasteiger partial charge in [0.1, 0.15) is 0 Å². The van der Waals surface area contributed by atoms with Crippen molar-refractivity contribution in [3.8, 4) is 0 Å². The van der Waals surface area contributed by atoms with Gasteiger partial charge in [-0.15, -0.1) is 0 Å². The SMILES string of the molecule is CC(Br)c1ccc(C(=O)N(C)C)cc1. The summed E-state index contributed by atoms with van der Waals surface area (Å²) in [7, 11) is 3.51. The van der Waals surface area contributed by atoms with Gasteiger partial charge in [0.05, 0.1) is 0 Å². The summed E-state index contributed by atoms with van der Waals surface area (Å²) in [6.45, 7) is 2.06. The van der Waals surface area contributed by atoms with Crippen LogP contribution < -0.4 is 0 Å². The van der Waals surface area contributed by atoms with Gasteiger partial charge in [-0.05, 0) is 24.6 Å². The maximum atomic E-state index is 11.5. The maximum Gasteiger partial charge on any atom is 0.253 e. The van der Waals surface area contributed by atoms with Crippen molar-refractivity contribution >= 4 is 21.8 Å². The molecule has 0 saturated carbocycles. The monoisotopic (exact) mass is 255 g/mol. The normalized spacial score (nSPS) is 12.3. The molecule has 1 unspecified atom stereocenters. The summed E-state index contributed by atoms with van der Waals surface area (Å²) in [6.07, 6.45) is 0. The topological polar surface area (TPSA) is 20.3 Å². The molecular weight excluding hydrogens is 242 g/mol. The molecular formula is C11H14BrNO. The van der Waals surface area contributed by atoms with E-state index in [9.17, 15) is 4.79 Å². The first-order valence-electron chi connectivity index (χ1n) is 4.48. The Morgan fingerprint density at radius 3 is 2.14 bits per heavy atom. The highest BCUT2D eigenvalue weighted by Crippen LogP contribution is 2.21. The predicted octanol–water partition coefficient (Wildman–Crippen LogP) is 2.84. The molecule has 0 bridgehead atoms. The highest BCUT2D eigenvalue weighted by Gasteiger charge is 2.07. The molecule has 14 heavy (non-hydrogen) atoms. The van der Waals surface area contributed by atoms with E-state index in [1.165, 1.54) is 5.56 Å². The molecule has 0 saturated heterocycles. The van der Waals surface area contributed by atoms with Crippen molar-refractivity contribution in [1.82, 2.24) is 4.90 Å². The van der Waals surface area contributed by atoms with Crippen molar-refractivity contribution < 1.29 is 4.79 Å². The lowest BCUT2D eigenvalue weighted by molar-refractivity contribution is 0.0827. The Labute approximate surface area is 93.0 Å². The zero-order chi connectivity index (χ0) is 10.7. The minimum Gasteiger partial charge on any atom is -0.345 e. The summed E-state index contributed by atoms with van der Waals surface area (Å²) < 4.78 is 0. The third-order valence-corrected chi connectivity index (χ3v) is 2.55. The number of hydrogen-bond acceptors (Lipinski definition) is 1. The first kappa shape index (κ1) is 11.2. The van der Waals surface area contributed by atoms with Crippen molar-refractivity contribution in [1.29, 1.82) is 0 Å². The molecule has 0 aliphatic heterocycles. The van der Waals surface area contributed by atoms with Gasteiger partial charge < -0.3 is 4.90 Å². The van der Waals surface area contributed by atoms with Gasteiger partial charge in [0.25, 0.3) is 5.91 Å². The maximum absolute atomic E-state index is 11.5. The Morgan fingerprint density at radius 1 is 1.29 bits per heavy atom. The van der Waals surface area contributed by atoms with E-state index in [-0.39, 0.29) is 5.91 Å². The molecule has 1 amide bonds. The molecule has 1 aromatic rings. The van der Waals surface area contributed by atoms with Gasteiger partial charge in [0, 0.05) is 24.5 Å². The summed E-state index contributed by atoms with van der Waals surface area (Å²) >= 11 is 3.48. The number of benzene rings is 1. The third kappa shape index (κ3) is 2.58. The molecule has 0 fully saturated rings. The molecule has 3 heteroatoms. The van der Waals surface area contributed by atoms with Crippen LogP contribution in [0, 0.1) is 0 Å². The molecule has 0 spiro atoms. The third-order valence-electron chi connectivity index (χ3n) is 2.02. The minimum atomic E-state index is 0.0405. The summed E-state index contributed by atoms with van der Waals surface area (Å²) in [5.41, 5.74) is 1.91. The number of amides is 1. The fraction of sp³-hybridized carbons (Fsp3) is 0.364. The molecule has 76 valence electrons. The average molecular weight is 256 g/mol. The highest BCUT2D eigenvalue weighted by molar-refractivity contribution is 9.09. The van der Waals surface area contributed by atoms with Crippen LogP contribution in [-0.4, -0.2) is 24.9 Å². The molecule has 1 atom stereocenters. The van der Waals surface area contributed by atoms with E-state index in [2.05, 4.69) is 22.9 Å². The number of hydrogen-bond donors (Lipinski definition) is 0. The van der Waals surface area contributed by atoms with Crippen LogP contribution in [0.5, 0.6) is 0 Å². The molecule has 0 heterocycles. The van der Waals surface area contributed by atoms with Crippen LogP contribution in [0.25, 0.3) is 0 Å². The molecule has 0 radical (unpaired) electrons. The summed E-state index contributed by atoms with van der Waals surface area (Å²) in [5.74, 6) is 0.0405. The molecule has 0 aliphatic rings. The van der Waals surface area contributed by atoms with Crippen LogP contribution in [0.1, 0.15) is 27.7 Å². The van der Waals surface area contributed by atoms with Gasteiger partial charge in [0.2, 0.25) is 0 Å². The van der Waals surface area contributed by atoms with Gasteiger partial charge in [-0.2, -0.15) is 0 Å². The fourth-order valence-corrected chi connectivity index (χ4v) is 1.45. The summed E-state index contributed by atoms with van der Waals surface area (Å²) in [4.78, 5) is 13.4. The molecule has 0 aromatic heterocycles. The van der Waals surface area contributed by atoms with E-state index >= 15 is 0 Å². The van der Waals surface area contributed by atoms with Crippen molar-refractivity contribution in [3.63, 3.8) is 0 Å². The lowest BCUT2D eigenvalue weighted by Crippen LogP contribution is -2.21. The average Bonchev–Trinajstić information content (AvgIpc) is 2.16. The number of nitrogens with zero attached hydrogens (tertiary/aromatic N) is 1. The minimum absolute atomic E-state index is 0.0405. The first-order valence-corrected chi connectivity index (χ1v) is 5.39. The Morgan fingerprint density at radius 2 is 1.79 bits per heavy atom. The second-order valence-corrected chi connectivity index (χ2v) is 4.81. The summed E-state index contributed by atoms with van der Waals surface area (Å²) in [6, 6.07) is 7.65. The van der Waals surface area contributed by atoms with E-state index < -0.39 is 0 Å². The van der Waals surface area contributed by atoms with Crippen LogP contribution in [-0.2, 0) is 0 Å². The van der Waals surface area contributed by atoms with Gasteiger partial charge in [-0.1, -0.05) is 28.1 Å². The van der Waals surface area contributed by atoms with E-state index in [0.29, 0.717) is 4.83 Å². The second-order valence-electron chi connectivity index (χ2n) is 3.44. The first-order chi connectivity index (χ1) is 6.52. The smallest absolute Gasteiger partial charge is 0.253 e. The van der Waals surface area contributed by atoms with Crippen LogP contribution in [0.4, 0.5) is 0 Å². The van der Waals surface area contributed by atoms with Crippen LogP contribution >= 0.6 is 15.9 Å². The van der Waals surface area contributed by atoms with Crippen LogP contribution in [0.15, 0.2) is 24.3 Å². The van der Waals surface area contributed by atoms with Crippen LogP contribution in [0.2, 0.25) is 0 Å². The van der Waals surface area contributed by atoms with E-state index in [1.807, 2.05) is 24.3 Å². The Kier molecular flexibility index (Phi) is 3.69. The number of carbonyl (C=O) groups excluding carboxylic acids is 1. The Balaban J connectivity index is 2.89. The van der Waals surface area contributed by atoms with Crippen LogP contribution in [0.3, 0.4) is 0 Å². The van der Waals surface area contributed by atoms with Gasteiger partial charge in [0.15, 0.2) is 0 Å². The Hall–Kier alpha value is -0.830. The molecule has 2 nitrogen and oxygen atoms in total. The highest BCUT2D eigenvalue weighted by atomic mass is 79.9. The van der Waals surface area contributed by atoms with E-state index in [1.54, 1.807) is 19.0 Å². The largest absolute Gasteiger partial charge is 0.345 e. The molecule has 0 N–H and O–H groups in total. The second kappa shape index (κ2) is 4.60. The number of halogens is 1. The predicted molar refractivity (Wildman–Crippen MR) is 61.8 cm³/mol. The van der Waals surface area contributed by atoms with Crippen molar-refractivity contribution in [2.45, 2.75) is 11.8 Å². The summed E-state index contributed by atoms with van der Waals surface area (Å²) in [5, 5.41) is 0. The fourth-order valence-electron chi connectivity index (χ4n) is 1.15. The Bertz CT molecular complexity index is 317. The molecule has 1 aromatic carbocycles. The van der Waals surface area contributed by atoms with Crippen molar-refractivity contribution in [2.75, 3.05) is 14.1 Å². The lowest BCUT2D eigenvalue weighted by Gasteiger charge is -2.10. The van der Waals surface area contributed by atoms with Gasteiger partial charge in [-0.3, -0.25) is 4.79 Å². The zero-order valence-corrected chi connectivity index (χ0v) is 10.2. The number of alkyl halides is 1. The van der Waals surface area contributed by atoms with E-state index in [0.717, 1.165) is 5.56 Å². The van der Waals surface area contributed by atoms with Gasteiger partial charge in [-0.25, -0.2) is 0 Å². The van der Waals surface area contributed by atoms with Gasteiger partial charge >= 0.3 is 0 Å². The quantitative estimate of drug-likeness (QED) is 0.745. The molecule has 1 rings (SSSR count). The van der Waals surface area contributed by atoms with E-state index in [4.69, 9.17) is 0 Å². The number of carbonyl (C=O) groups is 1. The lowest BCUT2D eigenvalue weighted by atomic mass is 10.1.